The van der Waals surface area contributed by atoms with Crippen LogP contribution in [0.25, 0.3) is 5.65 Å². The van der Waals surface area contributed by atoms with Crippen LogP contribution in [-0.2, 0) is 0 Å². The third-order valence-corrected chi connectivity index (χ3v) is 3.95. The molecule has 5 heteroatoms. The molecule has 1 aliphatic carbocycles. The minimum Gasteiger partial charge on any atom is -0.366 e. The van der Waals surface area contributed by atoms with Gasteiger partial charge in [0.2, 0.25) is 0 Å². The monoisotopic (exact) mass is 287 g/mol. The summed E-state index contributed by atoms with van der Waals surface area (Å²) in [6, 6.07) is 4.40. The Hall–Kier alpha value is -1.65. The Kier molecular flexibility index (Phi) is 3.59. The topological polar surface area (TPSA) is 55.1 Å². The van der Waals surface area contributed by atoms with E-state index < -0.39 is 0 Å². The lowest BCUT2D eigenvalue weighted by atomic mass is 9.89. The lowest BCUT2D eigenvalue weighted by molar-refractivity contribution is 0.356. The molecule has 0 spiro atoms. The smallest absolute Gasteiger partial charge is 0.178 e. The van der Waals surface area contributed by atoms with E-state index in [-0.39, 0.29) is 0 Å². The van der Waals surface area contributed by atoms with Crippen LogP contribution in [0.15, 0.2) is 12.1 Å². The van der Waals surface area contributed by atoms with Crippen LogP contribution in [0.5, 0.6) is 0 Å². The van der Waals surface area contributed by atoms with Gasteiger partial charge in [0.05, 0.1) is 0 Å². The summed E-state index contributed by atoms with van der Waals surface area (Å²) < 4.78 is 1.90. The third kappa shape index (κ3) is 3.52. The molecule has 0 amide bonds. The summed E-state index contributed by atoms with van der Waals surface area (Å²) in [5, 5.41) is 16.6. The van der Waals surface area contributed by atoms with Crippen molar-refractivity contribution in [2.75, 3.05) is 5.32 Å². The predicted molar refractivity (Wildman–Crippen MR) is 84.5 cm³/mol. The number of aromatic nitrogens is 4. The summed E-state index contributed by atoms with van der Waals surface area (Å²) >= 11 is 0. The van der Waals surface area contributed by atoms with Gasteiger partial charge < -0.3 is 5.32 Å². The number of nitrogens with zero attached hydrogens (tertiary/aromatic N) is 4. The highest BCUT2D eigenvalue weighted by molar-refractivity contribution is 5.44. The fraction of sp³-hybridized carbons (Fsp3) is 0.688. The number of hydrogen-bond acceptors (Lipinski definition) is 4. The SMILES string of the molecule is CC(CCC(C)(C)C)Nc1ccc2nnc(C3CC3)n2n1. The highest BCUT2D eigenvalue weighted by atomic mass is 15.4. The molecule has 1 N–H and O–H groups in total. The molecule has 1 atom stereocenters. The van der Waals surface area contributed by atoms with E-state index in [1.807, 2.05) is 16.6 Å². The lowest BCUT2D eigenvalue weighted by Crippen LogP contribution is -2.19. The van der Waals surface area contributed by atoms with E-state index in [1.54, 1.807) is 0 Å². The van der Waals surface area contributed by atoms with Crippen LogP contribution in [0.2, 0.25) is 0 Å². The second kappa shape index (κ2) is 5.28. The van der Waals surface area contributed by atoms with Gasteiger partial charge >= 0.3 is 0 Å². The molecule has 1 aliphatic rings. The third-order valence-electron chi connectivity index (χ3n) is 3.95. The molecule has 2 aromatic heterocycles. The van der Waals surface area contributed by atoms with E-state index in [1.165, 1.54) is 19.3 Å². The van der Waals surface area contributed by atoms with Crippen LogP contribution in [0.1, 0.15) is 65.1 Å². The molecule has 1 fully saturated rings. The molecule has 0 saturated heterocycles. The molecule has 0 radical (unpaired) electrons. The van der Waals surface area contributed by atoms with Crippen molar-refractivity contribution in [2.24, 2.45) is 5.41 Å². The van der Waals surface area contributed by atoms with Crippen molar-refractivity contribution in [1.82, 2.24) is 19.8 Å². The van der Waals surface area contributed by atoms with Gasteiger partial charge in [-0.05, 0) is 50.2 Å². The van der Waals surface area contributed by atoms with Crippen molar-refractivity contribution in [3.05, 3.63) is 18.0 Å². The van der Waals surface area contributed by atoms with E-state index in [0.717, 1.165) is 23.7 Å². The summed E-state index contributed by atoms with van der Waals surface area (Å²) in [6.07, 6.45) is 4.76. The fourth-order valence-electron chi connectivity index (χ4n) is 2.45. The Balaban J connectivity index is 1.70. The fourth-order valence-corrected chi connectivity index (χ4v) is 2.45. The van der Waals surface area contributed by atoms with Crippen molar-refractivity contribution >= 4 is 11.5 Å². The van der Waals surface area contributed by atoms with Crippen LogP contribution < -0.4 is 5.32 Å². The molecule has 0 bridgehead atoms. The standard InChI is InChI=1S/C16H25N5/c1-11(9-10-16(2,3)4)17-13-7-8-14-18-19-15(12-5-6-12)21(14)20-13/h7-8,11-12H,5-6,9-10H2,1-4H3,(H,17,20). The Bertz CT molecular complexity index is 621. The Labute approximate surface area is 126 Å². The van der Waals surface area contributed by atoms with Crippen LogP contribution >= 0.6 is 0 Å². The number of rotatable bonds is 5. The Morgan fingerprint density at radius 2 is 2.05 bits per heavy atom. The summed E-state index contributed by atoms with van der Waals surface area (Å²) in [7, 11) is 0. The van der Waals surface area contributed by atoms with Crippen LogP contribution in [0.4, 0.5) is 5.82 Å². The zero-order valence-corrected chi connectivity index (χ0v) is 13.4. The van der Waals surface area contributed by atoms with E-state index >= 15 is 0 Å². The summed E-state index contributed by atoms with van der Waals surface area (Å²) in [6.45, 7) is 9.06. The summed E-state index contributed by atoms with van der Waals surface area (Å²) in [5.74, 6) is 2.47. The maximum absolute atomic E-state index is 4.66. The minimum atomic E-state index is 0.376. The van der Waals surface area contributed by atoms with Gasteiger partial charge in [0.1, 0.15) is 5.82 Å². The summed E-state index contributed by atoms with van der Waals surface area (Å²) in [4.78, 5) is 0. The van der Waals surface area contributed by atoms with Crippen molar-refractivity contribution in [2.45, 2.75) is 65.3 Å². The van der Waals surface area contributed by atoms with Crippen LogP contribution in [0, 0.1) is 5.41 Å². The highest BCUT2D eigenvalue weighted by Crippen LogP contribution is 2.38. The molecule has 0 aromatic carbocycles. The van der Waals surface area contributed by atoms with Gasteiger partial charge in [0, 0.05) is 12.0 Å². The van der Waals surface area contributed by atoms with Gasteiger partial charge in [-0.25, -0.2) is 0 Å². The molecule has 1 unspecified atom stereocenters. The van der Waals surface area contributed by atoms with Gasteiger partial charge in [-0.15, -0.1) is 15.3 Å². The molecular formula is C16H25N5. The zero-order chi connectivity index (χ0) is 15.0. The average molecular weight is 287 g/mol. The quantitative estimate of drug-likeness (QED) is 0.912. The highest BCUT2D eigenvalue weighted by Gasteiger charge is 2.29. The Morgan fingerprint density at radius 3 is 2.71 bits per heavy atom. The second-order valence-electron chi connectivity index (χ2n) is 7.47. The lowest BCUT2D eigenvalue weighted by Gasteiger charge is -2.21. The van der Waals surface area contributed by atoms with E-state index in [0.29, 0.717) is 17.4 Å². The molecule has 21 heavy (non-hydrogen) atoms. The molecule has 2 aromatic rings. The van der Waals surface area contributed by atoms with Gasteiger partial charge in [-0.1, -0.05) is 20.8 Å². The van der Waals surface area contributed by atoms with Gasteiger partial charge in [0.25, 0.3) is 0 Å². The van der Waals surface area contributed by atoms with Crippen molar-refractivity contribution in [3.63, 3.8) is 0 Å². The van der Waals surface area contributed by atoms with Gasteiger partial charge in [-0.3, -0.25) is 0 Å². The van der Waals surface area contributed by atoms with Crippen LogP contribution in [-0.4, -0.2) is 25.9 Å². The first-order valence-electron chi connectivity index (χ1n) is 7.91. The molecule has 114 valence electrons. The molecule has 5 nitrogen and oxygen atoms in total. The van der Waals surface area contributed by atoms with E-state index in [9.17, 15) is 0 Å². The summed E-state index contributed by atoms with van der Waals surface area (Å²) in [5.41, 5.74) is 1.21. The first kappa shape index (κ1) is 14.3. The van der Waals surface area contributed by atoms with Gasteiger partial charge in [0.15, 0.2) is 11.5 Å². The normalized spacial score (nSPS) is 17.1. The van der Waals surface area contributed by atoms with E-state index in [2.05, 4.69) is 48.3 Å². The largest absolute Gasteiger partial charge is 0.366 e. The second-order valence-corrected chi connectivity index (χ2v) is 7.47. The first-order valence-corrected chi connectivity index (χ1v) is 7.91. The predicted octanol–water partition coefficient (Wildman–Crippen LogP) is 3.63. The number of hydrogen-bond donors (Lipinski definition) is 1. The van der Waals surface area contributed by atoms with Crippen molar-refractivity contribution in [3.8, 4) is 0 Å². The minimum absolute atomic E-state index is 0.376. The molecule has 2 heterocycles. The number of nitrogens with one attached hydrogen (secondary N) is 1. The maximum Gasteiger partial charge on any atom is 0.178 e. The molecular weight excluding hydrogens is 262 g/mol. The van der Waals surface area contributed by atoms with Crippen LogP contribution in [0.3, 0.4) is 0 Å². The van der Waals surface area contributed by atoms with Crippen molar-refractivity contribution in [1.29, 1.82) is 0 Å². The average Bonchev–Trinajstić information content (AvgIpc) is 3.16. The zero-order valence-electron chi connectivity index (χ0n) is 13.4. The maximum atomic E-state index is 4.66. The number of fused-ring (bicyclic) bond motifs is 1. The first-order chi connectivity index (χ1) is 9.92. The molecule has 1 saturated carbocycles. The van der Waals surface area contributed by atoms with Gasteiger partial charge in [-0.2, -0.15) is 4.52 Å². The number of anilines is 1. The molecule has 3 rings (SSSR count). The molecule has 0 aliphatic heterocycles. The van der Waals surface area contributed by atoms with E-state index in [4.69, 9.17) is 0 Å². The Morgan fingerprint density at radius 1 is 1.29 bits per heavy atom. The van der Waals surface area contributed by atoms with Crippen molar-refractivity contribution < 1.29 is 0 Å².